The van der Waals surface area contributed by atoms with E-state index in [2.05, 4.69) is 48.6 Å². The van der Waals surface area contributed by atoms with Crippen LogP contribution >= 0.6 is 12.2 Å². The lowest BCUT2D eigenvalue weighted by molar-refractivity contribution is 0.647. The second-order valence-corrected chi connectivity index (χ2v) is 4.91. The topological polar surface area (TPSA) is 50.4 Å². The van der Waals surface area contributed by atoms with E-state index >= 15 is 0 Å². The predicted octanol–water partition coefficient (Wildman–Crippen LogP) is 2.44. The molecule has 0 fully saturated rings. The molecule has 0 saturated heterocycles. The van der Waals surface area contributed by atoms with Gasteiger partial charge in [0.1, 0.15) is 0 Å². The summed E-state index contributed by atoms with van der Waals surface area (Å²) in [6.07, 6.45) is 1.10. The molecule has 0 bridgehead atoms. The summed E-state index contributed by atoms with van der Waals surface area (Å²) < 4.78 is 0. The number of rotatable bonds is 4. The maximum absolute atomic E-state index is 5.31. The highest BCUT2D eigenvalue weighted by atomic mass is 32.1. The number of hydrazone groups is 1. The van der Waals surface area contributed by atoms with Gasteiger partial charge in [0.15, 0.2) is 5.11 Å². The second kappa shape index (κ2) is 6.35. The van der Waals surface area contributed by atoms with Gasteiger partial charge in [0.2, 0.25) is 0 Å². The second-order valence-electron chi connectivity index (χ2n) is 4.47. The molecular weight excluding hydrogens is 230 g/mol. The minimum absolute atomic E-state index is 0.181. The summed E-state index contributed by atoms with van der Waals surface area (Å²) in [5, 5.41) is 4.27. The van der Waals surface area contributed by atoms with Crippen molar-refractivity contribution in [1.82, 2.24) is 5.43 Å². The number of nitrogens with zero attached hydrogens (tertiary/aromatic N) is 1. The Morgan fingerprint density at radius 2 is 1.94 bits per heavy atom. The summed E-state index contributed by atoms with van der Waals surface area (Å²) in [6, 6.07) is 8.40. The molecule has 0 spiro atoms. The van der Waals surface area contributed by atoms with Gasteiger partial charge in [0.05, 0.1) is 5.71 Å². The molecule has 0 aliphatic carbocycles. The van der Waals surface area contributed by atoms with Crippen LogP contribution in [0.1, 0.15) is 31.9 Å². The molecule has 0 atom stereocenters. The average molecular weight is 249 g/mol. The van der Waals surface area contributed by atoms with Gasteiger partial charge >= 0.3 is 0 Å². The van der Waals surface area contributed by atoms with Crippen molar-refractivity contribution in [2.75, 3.05) is 0 Å². The number of thiocarbonyl (C=S) groups is 1. The maximum Gasteiger partial charge on any atom is 0.184 e. The van der Waals surface area contributed by atoms with Crippen LogP contribution in [-0.4, -0.2) is 10.8 Å². The Hall–Kier alpha value is -1.42. The molecule has 0 heterocycles. The summed E-state index contributed by atoms with van der Waals surface area (Å²) in [5.74, 6) is 0.673. The molecule has 17 heavy (non-hydrogen) atoms. The fourth-order valence-electron chi connectivity index (χ4n) is 1.56. The summed E-state index contributed by atoms with van der Waals surface area (Å²) in [5.41, 5.74) is 11.2. The third-order valence-electron chi connectivity index (χ3n) is 2.35. The summed E-state index contributed by atoms with van der Waals surface area (Å²) in [7, 11) is 0. The molecular formula is C13H19N3S. The molecule has 4 heteroatoms. The van der Waals surface area contributed by atoms with E-state index in [1.54, 1.807) is 0 Å². The van der Waals surface area contributed by atoms with Crippen LogP contribution in [0.25, 0.3) is 0 Å². The first-order valence-corrected chi connectivity index (χ1v) is 6.09. The third kappa shape index (κ3) is 4.95. The molecule has 0 aromatic heterocycles. The van der Waals surface area contributed by atoms with Gasteiger partial charge < -0.3 is 5.73 Å². The Bertz CT molecular complexity index is 407. The fraction of sp³-hybridized carbons (Fsp3) is 0.385. The standard InChI is InChI=1S/C13H19N3S/c1-9(2)8-11-4-6-12(7-5-11)10(3)15-16-13(14)17/h4-7,9H,8H2,1-3H3,(H3,14,16,17)/b15-10+. The van der Waals surface area contributed by atoms with Gasteiger partial charge in [-0.25, -0.2) is 0 Å². The van der Waals surface area contributed by atoms with E-state index in [0.717, 1.165) is 17.7 Å². The molecule has 1 aromatic rings. The number of nitrogens with two attached hydrogens (primary N) is 1. The SMILES string of the molecule is C/C(=N\NC(N)=S)c1ccc(CC(C)C)cc1. The Kier molecular flexibility index (Phi) is 5.10. The molecule has 92 valence electrons. The van der Waals surface area contributed by atoms with E-state index in [1.165, 1.54) is 5.56 Å². The molecule has 0 saturated carbocycles. The third-order valence-corrected chi connectivity index (χ3v) is 2.44. The smallest absolute Gasteiger partial charge is 0.184 e. The van der Waals surface area contributed by atoms with E-state index in [0.29, 0.717) is 5.92 Å². The maximum atomic E-state index is 5.31. The zero-order valence-corrected chi connectivity index (χ0v) is 11.3. The first kappa shape index (κ1) is 13.6. The Labute approximate surface area is 108 Å². The van der Waals surface area contributed by atoms with E-state index in [-0.39, 0.29) is 5.11 Å². The largest absolute Gasteiger partial charge is 0.375 e. The van der Waals surface area contributed by atoms with Crippen LogP contribution in [0.5, 0.6) is 0 Å². The molecule has 1 aromatic carbocycles. The monoisotopic (exact) mass is 249 g/mol. The highest BCUT2D eigenvalue weighted by Crippen LogP contribution is 2.10. The van der Waals surface area contributed by atoms with Crippen LogP contribution in [0.3, 0.4) is 0 Å². The Balaban J connectivity index is 2.73. The van der Waals surface area contributed by atoms with Gasteiger partial charge in [-0.15, -0.1) is 0 Å². The molecule has 0 radical (unpaired) electrons. The van der Waals surface area contributed by atoms with Crippen LogP contribution in [0.4, 0.5) is 0 Å². The number of hydrogen-bond donors (Lipinski definition) is 2. The lowest BCUT2D eigenvalue weighted by Gasteiger charge is -2.06. The highest BCUT2D eigenvalue weighted by molar-refractivity contribution is 7.80. The molecule has 0 aliphatic rings. The number of nitrogens with one attached hydrogen (secondary N) is 1. The van der Waals surface area contributed by atoms with Crippen LogP contribution in [0.15, 0.2) is 29.4 Å². The Morgan fingerprint density at radius 3 is 2.41 bits per heavy atom. The van der Waals surface area contributed by atoms with Crippen molar-refractivity contribution >= 4 is 23.0 Å². The van der Waals surface area contributed by atoms with Gasteiger partial charge in [0, 0.05) is 0 Å². The van der Waals surface area contributed by atoms with E-state index in [9.17, 15) is 0 Å². The van der Waals surface area contributed by atoms with Gasteiger partial charge in [-0.1, -0.05) is 38.1 Å². The van der Waals surface area contributed by atoms with Gasteiger partial charge in [-0.3, -0.25) is 5.43 Å². The predicted molar refractivity (Wildman–Crippen MR) is 77.1 cm³/mol. The molecule has 3 nitrogen and oxygen atoms in total. The summed E-state index contributed by atoms with van der Waals surface area (Å²) in [4.78, 5) is 0. The minimum atomic E-state index is 0.181. The van der Waals surface area contributed by atoms with Crippen LogP contribution in [0.2, 0.25) is 0 Å². The van der Waals surface area contributed by atoms with Crippen molar-refractivity contribution in [3.05, 3.63) is 35.4 Å². The van der Waals surface area contributed by atoms with E-state index in [4.69, 9.17) is 18.0 Å². The van der Waals surface area contributed by atoms with Gasteiger partial charge in [-0.2, -0.15) is 5.10 Å². The van der Waals surface area contributed by atoms with Crippen molar-refractivity contribution in [3.8, 4) is 0 Å². The van der Waals surface area contributed by atoms with Crippen molar-refractivity contribution in [3.63, 3.8) is 0 Å². The van der Waals surface area contributed by atoms with Crippen LogP contribution in [-0.2, 0) is 6.42 Å². The lowest BCUT2D eigenvalue weighted by Crippen LogP contribution is -2.25. The Morgan fingerprint density at radius 1 is 1.35 bits per heavy atom. The average Bonchev–Trinajstić information content (AvgIpc) is 2.26. The van der Waals surface area contributed by atoms with Crippen LogP contribution < -0.4 is 11.2 Å². The van der Waals surface area contributed by atoms with Crippen molar-refractivity contribution in [1.29, 1.82) is 0 Å². The van der Waals surface area contributed by atoms with Crippen LogP contribution in [0, 0.1) is 5.92 Å². The first-order valence-electron chi connectivity index (χ1n) is 5.68. The summed E-state index contributed by atoms with van der Waals surface area (Å²) >= 11 is 4.69. The highest BCUT2D eigenvalue weighted by Gasteiger charge is 2.00. The van der Waals surface area contributed by atoms with Crippen molar-refractivity contribution in [2.24, 2.45) is 16.8 Å². The van der Waals surface area contributed by atoms with Gasteiger partial charge in [-0.05, 0) is 42.6 Å². The fourth-order valence-corrected chi connectivity index (χ4v) is 1.60. The minimum Gasteiger partial charge on any atom is -0.375 e. The number of benzene rings is 1. The number of hydrogen-bond acceptors (Lipinski definition) is 2. The molecule has 0 amide bonds. The molecule has 0 unspecified atom stereocenters. The quantitative estimate of drug-likeness (QED) is 0.489. The summed E-state index contributed by atoms with van der Waals surface area (Å²) in [6.45, 7) is 6.35. The first-order chi connectivity index (χ1) is 7.99. The van der Waals surface area contributed by atoms with Crippen molar-refractivity contribution < 1.29 is 0 Å². The van der Waals surface area contributed by atoms with Crippen molar-refractivity contribution in [2.45, 2.75) is 27.2 Å². The molecule has 1 rings (SSSR count). The molecule has 0 aliphatic heterocycles. The zero-order chi connectivity index (χ0) is 12.8. The van der Waals surface area contributed by atoms with Gasteiger partial charge in [0.25, 0.3) is 0 Å². The lowest BCUT2D eigenvalue weighted by atomic mass is 10.0. The zero-order valence-electron chi connectivity index (χ0n) is 10.5. The molecule has 3 N–H and O–H groups in total. The van der Waals surface area contributed by atoms with E-state index < -0.39 is 0 Å². The normalized spacial score (nSPS) is 11.6. The van der Waals surface area contributed by atoms with E-state index in [1.807, 2.05) is 6.92 Å².